The van der Waals surface area contributed by atoms with Gasteiger partial charge in [0.1, 0.15) is 0 Å². The molecule has 32 heavy (non-hydrogen) atoms. The van der Waals surface area contributed by atoms with Gasteiger partial charge in [0.25, 0.3) is 0 Å². The summed E-state index contributed by atoms with van der Waals surface area (Å²) >= 11 is 0. The first-order valence-electron chi connectivity index (χ1n) is 11.8. The van der Waals surface area contributed by atoms with Gasteiger partial charge in [0.05, 0.1) is 12.5 Å². The molecule has 0 spiro atoms. The molecule has 0 aliphatic carbocycles. The van der Waals surface area contributed by atoms with Crippen molar-refractivity contribution in [1.82, 2.24) is 4.90 Å². The molecular formula is C27H36N2O3. The van der Waals surface area contributed by atoms with E-state index in [0.717, 1.165) is 49.9 Å². The van der Waals surface area contributed by atoms with Crippen molar-refractivity contribution in [2.24, 2.45) is 0 Å². The summed E-state index contributed by atoms with van der Waals surface area (Å²) in [6.45, 7) is 3.71. The van der Waals surface area contributed by atoms with Crippen molar-refractivity contribution < 1.29 is 14.3 Å². The van der Waals surface area contributed by atoms with E-state index in [9.17, 15) is 9.59 Å². The Morgan fingerprint density at radius 1 is 1.00 bits per heavy atom. The molecule has 0 bridgehead atoms. The van der Waals surface area contributed by atoms with Crippen LogP contribution in [0.2, 0.25) is 0 Å². The summed E-state index contributed by atoms with van der Waals surface area (Å²) in [7, 11) is 4.04. The van der Waals surface area contributed by atoms with Crippen molar-refractivity contribution in [3.05, 3.63) is 65.2 Å². The Kier molecular flexibility index (Phi) is 8.72. The average Bonchev–Trinajstić information content (AvgIpc) is 2.81. The Morgan fingerprint density at radius 2 is 1.72 bits per heavy atom. The molecule has 0 fully saturated rings. The van der Waals surface area contributed by atoms with Crippen molar-refractivity contribution in [3.8, 4) is 0 Å². The summed E-state index contributed by atoms with van der Waals surface area (Å²) in [5.74, 6) is -0.0760. The van der Waals surface area contributed by atoms with Gasteiger partial charge in [0.2, 0.25) is 5.91 Å². The van der Waals surface area contributed by atoms with E-state index in [0.29, 0.717) is 19.6 Å². The first-order chi connectivity index (χ1) is 15.5. The molecule has 0 aromatic heterocycles. The molecule has 1 heterocycles. The normalized spacial score (nSPS) is 13.9. The highest BCUT2D eigenvalue weighted by molar-refractivity contribution is 5.84. The molecule has 0 unspecified atom stereocenters. The van der Waals surface area contributed by atoms with Gasteiger partial charge in [0, 0.05) is 39.3 Å². The van der Waals surface area contributed by atoms with E-state index in [1.54, 1.807) is 0 Å². The van der Waals surface area contributed by atoms with Crippen molar-refractivity contribution in [2.75, 3.05) is 32.1 Å². The second-order valence-electron chi connectivity index (χ2n) is 8.72. The zero-order valence-corrected chi connectivity index (χ0v) is 19.7. The third-order valence-corrected chi connectivity index (χ3v) is 6.23. The highest BCUT2D eigenvalue weighted by Gasteiger charge is 2.28. The van der Waals surface area contributed by atoms with Crippen LogP contribution in [0.4, 0.5) is 5.69 Å². The lowest BCUT2D eigenvalue weighted by molar-refractivity contribution is -0.143. The van der Waals surface area contributed by atoms with E-state index in [4.69, 9.17) is 4.74 Å². The van der Waals surface area contributed by atoms with Gasteiger partial charge in [-0.2, -0.15) is 0 Å². The first-order valence-corrected chi connectivity index (χ1v) is 11.8. The van der Waals surface area contributed by atoms with Crippen LogP contribution in [0, 0.1) is 0 Å². The molecule has 172 valence electrons. The van der Waals surface area contributed by atoms with Gasteiger partial charge < -0.3 is 14.5 Å². The molecule has 5 heteroatoms. The SMILES string of the molecule is CCOC(=O)CCCCC[C@H](C(=O)N1CCc2ccccc2C1)c1ccc(N(C)C)cc1. The predicted molar refractivity (Wildman–Crippen MR) is 129 cm³/mol. The molecular weight excluding hydrogens is 400 g/mol. The number of benzene rings is 2. The lowest BCUT2D eigenvalue weighted by Crippen LogP contribution is -2.39. The van der Waals surface area contributed by atoms with Crippen molar-refractivity contribution in [2.45, 2.75) is 57.9 Å². The number of rotatable bonds is 10. The van der Waals surface area contributed by atoms with Crippen LogP contribution < -0.4 is 4.90 Å². The third-order valence-electron chi connectivity index (χ3n) is 6.23. The summed E-state index contributed by atoms with van der Waals surface area (Å²) in [5, 5.41) is 0. The second kappa shape index (κ2) is 11.7. The van der Waals surface area contributed by atoms with Crippen LogP contribution in [0.3, 0.4) is 0 Å². The van der Waals surface area contributed by atoms with Crippen LogP contribution in [0.15, 0.2) is 48.5 Å². The van der Waals surface area contributed by atoms with Crippen molar-refractivity contribution >= 4 is 17.6 Å². The van der Waals surface area contributed by atoms with Crippen LogP contribution in [0.25, 0.3) is 0 Å². The minimum absolute atomic E-state index is 0.133. The largest absolute Gasteiger partial charge is 0.466 e. The lowest BCUT2D eigenvalue weighted by atomic mass is 9.90. The van der Waals surface area contributed by atoms with E-state index in [2.05, 4.69) is 47.4 Å². The zero-order valence-electron chi connectivity index (χ0n) is 19.7. The van der Waals surface area contributed by atoms with Crippen molar-refractivity contribution in [3.63, 3.8) is 0 Å². The minimum atomic E-state index is -0.154. The van der Waals surface area contributed by atoms with E-state index >= 15 is 0 Å². The topological polar surface area (TPSA) is 49.9 Å². The first kappa shape index (κ1) is 23.8. The number of carbonyl (C=O) groups excluding carboxylic acids is 2. The fourth-order valence-electron chi connectivity index (χ4n) is 4.37. The predicted octanol–water partition coefficient (Wildman–Crippen LogP) is 4.93. The van der Waals surface area contributed by atoms with E-state index in [1.165, 1.54) is 11.1 Å². The highest BCUT2D eigenvalue weighted by Crippen LogP contribution is 2.29. The maximum atomic E-state index is 13.6. The van der Waals surface area contributed by atoms with Crippen LogP contribution in [-0.2, 0) is 27.3 Å². The highest BCUT2D eigenvalue weighted by atomic mass is 16.5. The molecule has 1 aliphatic heterocycles. The Bertz CT molecular complexity index is 892. The number of unbranched alkanes of at least 4 members (excludes halogenated alkanes) is 2. The Hall–Kier alpha value is -2.82. The summed E-state index contributed by atoms with van der Waals surface area (Å²) in [6, 6.07) is 16.8. The lowest BCUT2D eigenvalue weighted by Gasteiger charge is -2.32. The molecule has 1 aliphatic rings. The minimum Gasteiger partial charge on any atom is -0.466 e. The maximum absolute atomic E-state index is 13.6. The van der Waals surface area contributed by atoms with E-state index in [-0.39, 0.29) is 17.8 Å². The number of carbonyl (C=O) groups is 2. The number of hydrogen-bond donors (Lipinski definition) is 0. The van der Waals surface area contributed by atoms with Gasteiger partial charge >= 0.3 is 5.97 Å². The number of ether oxygens (including phenoxy) is 1. The summed E-state index contributed by atoms with van der Waals surface area (Å²) in [6.07, 6.45) is 4.79. The smallest absolute Gasteiger partial charge is 0.305 e. The van der Waals surface area contributed by atoms with Crippen LogP contribution in [-0.4, -0.2) is 44.0 Å². The quantitative estimate of drug-likeness (QED) is 0.391. The fourth-order valence-corrected chi connectivity index (χ4v) is 4.37. The molecule has 3 rings (SSSR count). The second-order valence-corrected chi connectivity index (χ2v) is 8.72. The average molecular weight is 437 g/mol. The molecule has 5 nitrogen and oxygen atoms in total. The molecule has 0 N–H and O–H groups in total. The summed E-state index contributed by atoms with van der Waals surface area (Å²) < 4.78 is 5.01. The fraction of sp³-hybridized carbons (Fsp3) is 0.481. The van der Waals surface area contributed by atoms with Gasteiger partial charge in [-0.3, -0.25) is 9.59 Å². The van der Waals surface area contributed by atoms with E-state index < -0.39 is 0 Å². The van der Waals surface area contributed by atoms with Gasteiger partial charge in [0.15, 0.2) is 0 Å². The van der Waals surface area contributed by atoms with Gasteiger partial charge in [-0.1, -0.05) is 49.2 Å². The molecule has 2 aromatic rings. The Balaban J connectivity index is 1.67. The molecule has 0 radical (unpaired) electrons. The number of esters is 1. The summed E-state index contributed by atoms with van der Waals surface area (Å²) in [4.78, 5) is 29.3. The molecule has 1 amide bonds. The number of hydrogen-bond acceptors (Lipinski definition) is 4. The maximum Gasteiger partial charge on any atom is 0.305 e. The molecule has 0 saturated carbocycles. The number of amides is 1. The van der Waals surface area contributed by atoms with Crippen LogP contribution >= 0.6 is 0 Å². The monoisotopic (exact) mass is 436 g/mol. The Labute approximate surface area is 192 Å². The van der Waals surface area contributed by atoms with Gasteiger partial charge in [-0.25, -0.2) is 0 Å². The zero-order chi connectivity index (χ0) is 22.9. The molecule has 1 atom stereocenters. The standard InChI is InChI=1S/C27H36N2O3/c1-4-32-26(30)13-7-5-6-12-25(22-14-16-24(17-15-22)28(2)3)27(31)29-19-18-21-10-8-9-11-23(21)20-29/h8-11,14-17,25H,4-7,12-13,18-20H2,1-3H3/t25-/m0/s1. The van der Waals surface area contributed by atoms with Crippen LogP contribution in [0.5, 0.6) is 0 Å². The molecule has 2 aromatic carbocycles. The van der Waals surface area contributed by atoms with E-state index in [1.807, 2.05) is 32.0 Å². The number of fused-ring (bicyclic) bond motifs is 1. The number of anilines is 1. The summed E-state index contributed by atoms with van der Waals surface area (Å²) in [5.41, 5.74) is 4.80. The van der Waals surface area contributed by atoms with Gasteiger partial charge in [-0.15, -0.1) is 0 Å². The number of nitrogens with zero attached hydrogens (tertiary/aromatic N) is 2. The van der Waals surface area contributed by atoms with Gasteiger partial charge in [-0.05, 0) is 55.0 Å². The van der Waals surface area contributed by atoms with Crippen molar-refractivity contribution in [1.29, 1.82) is 0 Å². The van der Waals surface area contributed by atoms with Crippen LogP contribution in [0.1, 0.15) is 61.6 Å². The third kappa shape index (κ3) is 6.35. The Morgan fingerprint density at radius 3 is 2.41 bits per heavy atom. The molecule has 0 saturated heterocycles.